The van der Waals surface area contributed by atoms with Crippen molar-refractivity contribution < 1.29 is 45.1 Å². The second-order valence-corrected chi connectivity index (χ2v) is 24.8. The Labute approximate surface area is 358 Å². The standard InChI is InChI=1S/C47H70ClIN3O5/c1-29(2)33-18-23-47(49-38(50-26-27-51-41(55)57-42(4,5)6)28-39(54)52-32-14-12-31(48)13-15-32)25-24-45(10)34(40(33)47)16-17-36-44(9)21-20-37(56-30(3)53)43(7,8)35(44)19-22-46(36,45)11/h12-15,28-29,34-37,50H,16-27H2,1-11H3,(H,51,55)(H,52,54)/q-1/b38-28-/t34?,35?,36?,37-,44-,45+,46+,47?/m0/s1. The zero-order valence-electron chi connectivity index (χ0n) is 36.6. The van der Waals surface area contributed by atoms with Crippen LogP contribution < -0.4 is 37.2 Å². The van der Waals surface area contributed by atoms with E-state index in [0.717, 1.165) is 35.8 Å². The molecule has 10 heteroatoms. The Hall–Kier alpha value is -2.27. The van der Waals surface area contributed by atoms with E-state index in [0.29, 0.717) is 47.5 Å². The van der Waals surface area contributed by atoms with Crippen LogP contribution in [0.5, 0.6) is 0 Å². The third-order valence-corrected chi connectivity index (χ3v) is 19.8. The number of alkyl carbamates (subject to hydrolysis) is 1. The molecule has 6 rings (SSSR count). The van der Waals surface area contributed by atoms with Gasteiger partial charge in [-0.3, -0.25) is 4.79 Å². The maximum absolute atomic E-state index is 13.7. The van der Waals surface area contributed by atoms with Crippen LogP contribution in [0.4, 0.5) is 10.5 Å². The summed E-state index contributed by atoms with van der Waals surface area (Å²) in [5, 5.41) is 10.2. The van der Waals surface area contributed by atoms with Crippen LogP contribution in [-0.4, -0.2) is 46.2 Å². The van der Waals surface area contributed by atoms with E-state index in [1.165, 1.54) is 32.1 Å². The van der Waals surface area contributed by atoms with E-state index < -0.39 is 32.9 Å². The number of halogens is 2. The molecule has 8 nitrogen and oxygen atoms in total. The first-order valence-corrected chi connectivity index (χ1v) is 24.1. The van der Waals surface area contributed by atoms with Crippen LogP contribution in [0.15, 0.2) is 45.2 Å². The van der Waals surface area contributed by atoms with Crippen LogP contribution >= 0.6 is 11.6 Å². The summed E-state index contributed by atoms with van der Waals surface area (Å²) in [7, 11) is 0. The number of anilines is 1. The zero-order chi connectivity index (χ0) is 41.8. The summed E-state index contributed by atoms with van der Waals surface area (Å²) in [5.41, 5.74) is 4.09. The van der Waals surface area contributed by atoms with Gasteiger partial charge in [-0.05, 0) is 0 Å². The molecule has 0 heterocycles. The Morgan fingerprint density at radius 2 is 1.56 bits per heavy atom. The molecule has 3 N–H and O–H groups in total. The van der Waals surface area contributed by atoms with E-state index in [-0.39, 0.29) is 43.1 Å². The summed E-state index contributed by atoms with van der Waals surface area (Å²) < 4.78 is 12.6. The van der Waals surface area contributed by atoms with Gasteiger partial charge in [-0.2, -0.15) is 0 Å². The molecule has 0 aromatic heterocycles. The number of hydrogen-bond donors (Lipinski definition) is 3. The van der Waals surface area contributed by atoms with Gasteiger partial charge in [0.25, 0.3) is 0 Å². The normalized spacial score (nSPS) is 34.7. The van der Waals surface area contributed by atoms with Crippen molar-refractivity contribution in [2.75, 3.05) is 18.4 Å². The van der Waals surface area contributed by atoms with Crippen molar-refractivity contribution >= 4 is 35.3 Å². The number of hydrogen-bond acceptors (Lipinski definition) is 6. The van der Waals surface area contributed by atoms with Crippen LogP contribution in [0.2, 0.25) is 5.02 Å². The molecule has 57 heavy (non-hydrogen) atoms. The molecular weight excluding hydrogens is 849 g/mol. The molecule has 4 saturated carbocycles. The summed E-state index contributed by atoms with van der Waals surface area (Å²) in [5.74, 6) is 1.84. The second-order valence-electron chi connectivity index (χ2n) is 20.6. The minimum absolute atomic E-state index is 0.0157. The van der Waals surface area contributed by atoms with Crippen LogP contribution in [0.25, 0.3) is 0 Å². The number of amides is 2. The number of alkyl halides is 1. The van der Waals surface area contributed by atoms with Crippen molar-refractivity contribution in [3.05, 3.63) is 50.2 Å². The van der Waals surface area contributed by atoms with Gasteiger partial charge in [0.1, 0.15) is 0 Å². The van der Waals surface area contributed by atoms with E-state index in [4.69, 9.17) is 21.1 Å². The van der Waals surface area contributed by atoms with Gasteiger partial charge in [0.05, 0.1) is 0 Å². The van der Waals surface area contributed by atoms with Crippen LogP contribution in [0, 0.1) is 45.3 Å². The summed E-state index contributed by atoms with van der Waals surface area (Å²) in [6.07, 6.45) is 12.9. The molecule has 318 valence electrons. The molecule has 1 aromatic rings. The fourth-order valence-electron chi connectivity index (χ4n) is 12.9. The van der Waals surface area contributed by atoms with Crippen molar-refractivity contribution in [1.82, 2.24) is 10.6 Å². The minimum atomic E-state index is -0.669. The number of carbonyl (C=O) groups excluding carboxylic acids is 3. The fourth-order valence-corrected chi connectivity index (χ4v) is 17.2. The molecular formula is C47H70ClIN3O5-. The first-order valence-electron chi connectivity index (χ1n) is 21.6. The zero-order valence-corrected chi connectivity index (χ0v) is 39.5. The molecule has 4 fully saturated rings. The van der Waals surface area contributed by atoms with Crippen molar-refractivity contribution in [2.24, 2.45) is 45.3 Å². The van der Waals surface area contributed by atoms with Gasteiger partial charge in [-0.15, -0.1) is 0 Å². The third kappa shape index (κ3) is 8.54. The van der Waals surface area contributed by atoms with E-state index in [2.05, 4.69) is 64.4 Å². The molecule has 5 aliphatic rings. The number of ether oxygens (including phenoxy) is 2. The Morgan fingerprint density at radius 1 is 0.877 bits per heavy atom. The maximum atomic E-state index is 13.7. The number of fused-ring (bicyclic) bond motifs is 7. The average Bonchev–Trinajstić information content (AvgIpc) is 3.48. The molecule has 0 saturated heterocycles. The predicted molar refractivity (Wildman–Crippen MR) is 225 cm³/mol. The van der Waals surface area contributed by atoms with Gasteiger partial charge in [0.2, 0.25) is 0 Å². The molecule has 0 spiro atoms. The molecule has 8 atom stereocenters. The van der Waals surface area contributed by atoms with Crippen molar-refractivity contribution in [3.63, 3.8) is 0 Å². The fraction of sp³-hybridized carbons (Fsp3) is 0.723. The van der Waals surface area contributed by atoms with E-state index in [1.54, 1.807) is 36.3 Å². The van der Waals surface area contributed by atoms with E-state index in [1.807, 2.05) is 32.9 Å². The monoisotopic (exact) mass is 918 g/mol. The average molecular weight is 919 g/mol. The number of esters is 1. The molecule has 1 aromatic carbocycles. The Bertz CT molecular complexity index is 1770. The molecule has 4 unspecified atom stereocenters. The number of rotatable bonds is 10. The Morgan fingerprint density at radius 3 is 2.21 bits per heavy atom. The quantitative estimate of drug-likeness (QED) is 0.0421. The molecule has 0 bridgehead atoms. The molecule has 5 aliphatic carbocycles. The number of nitrogens with one attached hydrogen (secondary N) is 3. The first kappa shape index (κ1) is 44.3. The topological polar surface area (TPSA) is 106 Å². The number of benzene rings is 1. The summed E-state index contributed by atoms with van der Waals surface area (Å²) in [6, 6.07) is 7.22. The van der Waals surface area contributed by atoms with Crippen LogP contribution in [0.3, 0.4) is 0 Å². The van der Waals surface area contributed by atoms with Gasteiger partial charge < -0.3 is 0 Å². The van der Waals surface area contributed by atoms with Crippen molar-refractivity contribution in [3.8, 4) is 0 Å². The summed E-state index contributed by atoms with van der Waals surface area (Å²) in [4.78, 5) is 38.3. The summed E-state index contributed by atoms with van der Waals surface area (Å²) >= 11 is 5.47. The van der Waals surface area contributed by atoms with Crippen LogP contribution in [-0.2, 0) is 19.1 Å². The van der Waals surface area contributed by atoms with Gasteiger partial charge in [0, 0.05) is 6.92 Å². The van der Waals surface area contributed by atoms with Gasteiger partial charge >= 0.3 is 349 Å². The van der Waals surface area contributed by atoms with E-state index in [9.17, 15) is 14.4 Å². The second kappa shape index (κ2) is 16.3. The number of carbonyl (C=O) groups is 3. The predicted octanol–water partition coefficient (Wildman–Crippen LogP) is 7.81. The SMILES string of the molecule is CC(=O)O[C@H]1CC[C@@]2(C)C(CC[C@]3(C)C2CCC2C4=C(C(C)C)CCC4([I-]/C(=C/C(=O)Nc4ccc(Cl)cc4)NCCNC(=O)OC(C)(C)C)CC[C@]23C)C1(C)C. The summed E-state index contributed by atoms with van der Waals surface area (Å²) in [6.45, 7) is 25.5. The van der Waals surface area contributed by atoms with Gasteiger partial charge in [0.15, 0.2) is 0 Å². The Balaban J connectivity index is 1.29. The van der Waals surface area contributed by atoms with E-state index >= 15 is 0 Å². The van der Waals surface area contributed by atoms with Crippen molar-refractivity contribution in [2.45, 2.75) is 155 Å². The Kier molecular flexibility index (Phi) is 12.7. The molecule has 0 radical (unpaired) electrons. The van der Waals surface area contributed by atoms with Crippen molar-refractivity contribution in [1.29, 1.82) is 0 Å². The van der Waals surface area contributed by atoms with Crippen LogP contribution in [0.1, 0.15) is 140 Å². The first-order chi connectivity index (χ1) is 26.5. The molecule has 0 aliphatic heterocycles. The third-order valence-electron chi connectivity index (χ3n) is 15.6. The number of allylic oxidation sites excluding steroid dienone is 2. The molecule has 2 amide bonds. The van der Waals surface area contributed by atoms with Gasteiger partial charge in [-0.1, -0.05) is 0 Å². The van der Waals surface area contributed by atoms with Gasteiger partial charge in [-0.25, -0.2) is 0 Å².